The van der Waals surface area contributed by atoms with Crippen LogP contribution in [0.5, 0.6) is 5.75 Å². The quantitative estimate of drug-likeness (QED) is 0.922. The molecule has 0 aliphatic carbocycles. The molecule has 1 aliphatic rings. The second-order valence-electron chi connectivity index (χ2n) is 4.99. The van der Waals surface area contributed by atoms with Crippen LogP contribution in [0.3, 0.4) is 0 Å². The Hall–Kier alpha value is -1.07. The zero-order chi connectivity index (χ0) is 14.0. The van der Waals surface area contributed by atoms with E-state index in [0.717, 1.165) is 4.47 Å². The van der Waals surface area contributed by atoms with Crippen molar-refractivity contribution in [3.8, 4) is 5.75 Å². The van der Waals surface area contributed by atoms with Crippen molar-refractivity contribution in [3.05, 3.63) is 28.7 Å². The zero-order valence-electron chi connectivity index (χ0n) is 11.1. The predicted molar refractivity (Wildman–Crippen MR) is 76.1 cm³/mol. The first-order chi connectivity index (χ1) is 8.93. The smallest absolute Gasteiger partial charge is 0.263 e. The Morgan fingerprint density at radius 1 is 1.47 bits per heavy atom. The van der Waals surface area contributed by atoms with Gasteiger partial charge in [0.05, 0.1) is 18.7 Å². The molecular formula is C14H18BrNO3. The van der Waals surface area contributed by atoms with Gasteiger partial charge < -0.3 is 14.7 Å². The molecule has 1 aromatic carbocycles. The molecule has 0 saturated carbocycles. The molecule has 1 atom stereocenters. The maximum atomic E-state index is 12.1. The van der Waals surface area contributed by atoms with E-state index in [2.05, 4.69) is 15.9 Å². The molecule has 1 N–H and O–H groups in total. The number of rotatable bonds is 4. The Morgan fingerprint density at radius 3 is 2.58 bits per heavy atom. The number of β-amino-alcohol motifs (C(OH)–C–C–N with tert-alkyl or cyclic N) is 1. The standard InChI is InChI=1S/C14H18BrNO3/c1-3-14(18)8-16(9-14)13(17)10(2)19-12-6-4-11(15)5-7-12/h4-7,10,18H,3,8-9H2,1-2H3. The van der Waals surface area contributed by atoms with Crippen molar-refractivity contribution in [2.45, 2.75) is 32.0 Å². The molecule has 1 aromatic rings. The predicted octanol–water partition coefficient (Wildman–Crippen LogP) is 2.20. The Labute approximate surface area is 121 Å². The van der Waals surface area contributed by atoms with Gasteiger partial charge in [-0.15, -0.1) is 0 Å². The van der Waals surface area contributed by atoms with Crippen molar-refractivity contribution >= 4 is 21.8 Å². The minimum Gasteiger partial charge on any atom is -0.481 e. The molecule has 5 heteroatoms. The average Bonchev–Trinajstić information content (AvgIpc) is 2.37. The number of ether oxygens (including phenoxy) is 1. The monoisotopic (exact) mass is 327 g/mol. The lowest BCUT2D eigenvalue weighted by Crippen LogP contribution is -2.64. The van der Waals surface area contributed by atoms with Crippen LogP contribution >= 0.6 is 15.9 Å². The molecule has 0 radical (unpaired) electrons. The van der Waals surface area contributed by atoms with E-state index >= 15 is 0 Å². The molecule has 0 bridgehead atoms. The van der Waals surface area contributed by atoms with Crippen LogP contribution < -0.4 is 4.74 Å². The minimum absolute atomic E-state index is 0.0824. The van der Waals surface area contributed by atoms with Crippen LogP contribution in [0.4, 0.5) is 0 Å². The number of carbonyl (C=O) groups excluding carboxylic acids is 1. The lowest BCUT2D eigenvalue weighted by Gasteiger charge is -2.46. The molecule has 0 spiro atoms. The second-order valence-corrected chi connectivity index (χ2v) is 5.90. The van der Waals surface area contributed by atoms with Gasteiger partial charge in [0.2, 0.25) is 0 Å². The van der Waals surface area contributed by atoms with E-state index in [1.54, 1.807) is 11.8 Å². The molecular weight excluding hydrogens is 310 g/mol. The Bertz CT molecular complexity index is 454. The third-order valence-electron chi connectivity index (χ3n) is 3.41. The molecule has 1 unspecified atom stereocenters. The third-order valence-corrected chi connectivity index (χ3v) is 3.94. The molecule has 1 heterocycles. The molecule has 1 saturated heterocycles. The highest BCUT2D eigenvalue weighted by Gasteiger charge is 2.43. The van der Waals surface area contributed by atoms with Crippen molar-refractivity contribution in [1.29, 1.82) is 0 Å². The number of aliphatic hydroxyl groups is 1. The topological polar surface area (TPSA) is 49.8 Å². The maximum absolute atomic E-state index is 12.1. The van der Waals surface area contributed by atoms with Crippen molar-refractivity contribution < 1.29 is 14.6 Å². The number of nitrogens with zero attached hydrogens (tertiary/aromatic N) is 1. The number of amides is 1. The number of carbonyl (C=O) groups is 1. The van der Waals surface area contributed by atoms with Gasteiger partial charge in [0.15, 0.2) is 6.10 Å². The summed E-state index contributed by atoms with van der Waals surface area (Å²) in [5.41, 5.74) is -0.701. The van der Waals surface area contributed by atoms with E-state index in [0.29, 0.717) is 25.3 Å². The molecule has 2 rings (SSSR count). The molecule has 4 nitrogen and oxygen atoms in total. The summed E-state index contributed by atoms with van der Waals surface area (Å²) in [4.78, 5) is 13.7. The highest BCUT2D eigenvalue weighted by atomic mass is 79.9. The van der Waals surface area contributed by atoms with Gasteiger partial charge in [0.25, 0.3) is 5.91 Å². The normalized spacial score (nSPS) is 18.6. The largest absolute Gasteiger partial charge is 0.481 e. The van der Waals surface area contributed by atoms with Crippen LogP contribution in [0.15, 0.2) is 28.7 Å². The Kier molecular flexibility index (Phi) is 4.16. The van der Waals surface area contributed by atoms with Crippen LogP contribution in [-0.2, 0) is 4.79 Å². The summed E-state index contributed by atoms with van der Waals surface area (Å²) < 4.78 is 6.56. The van der Waals surface area contributed by atoms with Gasteiger partial charge in [0.1, 0.15) is 5.75 Å². The van der Waals surface area contributed by atoms with Crippen LogP contribution in [0.2, 0.25) is 0 Å². The minimum atomic E-state index is -0.701. The number of hydrogen-bond donors (Lipinski definition) is 1. The fourth-order valence-corrected chi connectivity index (χ4v) is 2.33. The highest BCUT2D eigenvalue weighted by molar-refractivity contribution is 9.10. The summed E-state index contributed by atoms with van der Waals surface area (Å²) in [6, 6.07) is 7.36. The van der Waals surface area contributed by atoms with Gasteiger partial charge in [-0.3, -0.25) is 4.79 Å². The Morgan fingerprint density at radius 2 is 2.05 bits per heavy atom. The second kappa shape index (κ2) is 5.51. The number of hydrogen-bond acceptors (Lipinski definition) is 3. The van der Waals surface area contributed by atoms with E-state index in [9.17, 15) is 9.90 Å². The molecule has 1 amide bonds. The summed E-state index contributed by atoms with van der Waals surface area (Å²) in [6.45, 7) is 4.45. The number of halogens is 1. The first-order valence-corrected chi connectivity index (χ1v) is 7.16. The van der Waals surface area contributed by atoms with Crippen LogP contribution in [0.25, 0.3) is 0 Å². The fourth-order valence-electron chi connectivity index (χ4n) is 2.07. The summed E-state index contributed by atoms with van der Waals surface area (Å²) in [7, 11) is 0. The van der Waals surface area contributed by atoms with Crippen LogP contribution in [-0.4, -0.2) is 40.7 Å². The van der Waals surface area contributed by atoms with E-state index in [-0.39, 0.29) is 5.91 Å². The van der Waals surface area contributed by atoms with Crippen molar-refractivity contribution in [2.75, 3.05) is 13.1 Å². The first kappa shape index (κ1) is 14.3. The lowest BCUT2D eigenvalue weighted by molar-refractivity contribution is -0.162. The molecule has 0 aromatic heterocycles. The van der Waals surface area contributed by atoms with E-state index in [1.165, 1.54) is 0 Å². The average molecular weight is 328 g/mol. The van der Waals surface area contributed by atoms with Gasteiger partial charge in [-0.2, -0.15) is 0 Å². The summed E-state index contributed by atoms with van der Waals surface area (Å²) in [5, 5.41) is 9.90. The maximum Gasteiger partial charge on any atom is 0.263 e. The van der Waals surface area contributed by atoms with E-state index in [1.807, 2.05) is 31.2 Å². The van der Waals surface area contributed by atoms with Gasteiger partial charge in [0, 0.05) is 4.47 Å². The van der Waals surface area contributed by atoms with Gasteiger partial charge in [-0.25, -0.2) is 0 Å². The summed E-state index contributed by atoms with van der Waals surface area (Å²) in [6.07, 6.45) is 0.126. The SMILES string of the molecule is CCC1(O)CN(C(=O)C(C)Oc2ccc(Br)cc2)C1. The Balaban J connectivity index is 1.88. The van der Waals surface area contributed by atoms with E-state index < -0.39 is 11.7 Å². The fraction of sp³-hybridized carbons (Fsp3) is 0.500. The lowest BCUT2D eigenvalue weighted by atomic mass is 9.91. The van der Waals surface area contributed by atoms with Crippen molar-refractivity contribution in [1.82, 2.24) is 4.90 Å². The number of benzene rings is 1. The molecule has 1 fully saturated rings. The van der Waals surface area contributed by atoms with E-state index in [4.69, 9.17) is 4.74 Å². The first-order valence-electron chi connectivity index (χ1n) is 6.37. The van der Waals surface area contributed by atoms with Crippen molar-refractivity contribution in [2.24, 2.45) is 0 Å². The zero-order valence-corrected chi connectivity index (χ0v) is 12.7. The van der Waals surface area contributed by atoms with Crippen molar-refractivity contribution in [3.63, 3.8) is 0 Å². The van der Waals surface area contributed by atoms with Gasteiger partial charge >= 0.3 is 0 Å². The van der Waals surface area contributed by atoms with Gasteiger partial charge in [-0.1, -0.05) is 22.9 Å². The molecule has 19 heavy (non-hydrogen) atoms. The molecule has 104 valence electrons. The third kappa shape index (κ3) is 3.28. The highest BCUT2D eigenvalue weighted by Crippen LogP contribution is 2.25. The van der Waals surface area contributed by atoms with Crippen LogP contribution in [0, 0.1) is 0 Å². The molecule has 1 aliphatic heterocycles. The number of likely N-dealkylation sites (tertiary alicyclic amines) is 1. The summed E-state index contributed by atoms with van der Waals surface area (Å²) >= 11 is 3.35. The van der Waals surface area contributed by atoms with Crippen LogP contribution in [0.1, 0.15) is 20.3 Å². The van der Waals surface area contributed by atoms with Gasteiger partial charge in [-0.05, 0) is 37.6 Å². The summed E-state index contributed by atoms with van der Waals surface area (Å²) in [5.74, 6) is 0.580.